The van der Waals surface area contributed by atoms with Crippen LogP contribution in [-0.4, -0.2) is 16.6 Å². The monoisotopic (exact) mass is 259 g/mol. The zero-order chi connectivity index (χ0) is 13.5. The second-order valence-electron chi connectivity index (χ2n) is 3.96. The molecule has 100 valence electrons. The van der Waals surface area contributed by atoms with E-state index in [1.54, 1.807) is 6.07 Å². The van der Waals surface area contributed by atoms with Crippen LogP contribution in [0.5, 0.6) is 5.88 Å². The molecule has 1 heterocycles. The number of aromatic nitrogens is 2. The van der Waals surface area contributed by atoms with E-state index in [0.717, 1.165) is 5.56 Å². The summed E-state index contributed by atoms with van der Waals surface area (Å²) < 4.78 is 10.9. The van der Waals surface area contributed by atoms with E-state index in [4.69, 9.17) is 15.2 Å². The summed E-state index contributed by atoms with van der Waals surface area (Å²) in [5, 5.41) is 0. The third kappa shape index (κ3) is 4.22. The molecule has 2 rings (SSSR count). The average molecular weight is 259 g/mol. The van der Waals surface area contributed by atoms with Crippen LogP contribution in [-0.2, 0) is 18.0 Å². The van der Waals surface area contributed by atoms with Crippen molar-refractivity contribution in [2.24, 2.45) is 0 Å². The van der Waals surface area contributed by atoms with Crippen molar-refractivity contribution in [1.29, 1.82) is 0 Å². The zero-order valence-corrected chi connectivity index (χ0v) is 10.9. The molecule has 0 aliphatic carbocycles. The highest BCUT2D eigenvalue weighted by molar-refractivity contribution is 5.32. The van der Waals surface area contributed by atoms with Crippen LogP contribution in [0, 0.1) is 0 Å². The summed E-state index contributed by atoms with van der Waals surface area (Å²) in [4.78, 5) is 8.34. The Morgan fingerprint density at radius 1 is 1.11 bits per heavy atom. The number of nitrogen functional groups attached to an aromatic ring is 1. The molecule has 2 N–H and O–H groups in total. The molecule has 5 heteroatoms. The Hall–Kier alpha value is -2.14. The number of benzene rings is 1. The predicted molar refractivity (Wildman–Crippen MR) is 72.5 cm³/mol. The molecule has 0 amide bonds. The minimum Gasteiger partial charge on any atom is -0.473 e. The van der Waals surface area contributed by atoms with Gasteiger partial charge in [-0.2, -0.15) is 4.98 Å². The number of hydrogen-bond acceptors (Lipinski definition) is 5. The van der Waals surface area contributed by atoms with Gasteiger partial charge in [0.15, 0.2) is 5.82 Å². The molecule has 0 aliphatic heterocycles. The van der Waals surface area contributed by atoms with Gasteiger partial charge in [-0.05, 0) is 12.5 Å². The lowest BCUT2D eigenvalue weighted by Crippen LogP contribution is -2.05. The smallest absolute Gasteiger partial charge is 0.219 e. The van der Waals surface area contributed by atoms with Crippen molar-refractivity contribution < 1.29 is 9.47 Å². The highest BCUT2D eigenvalue weighted by Crippen LogP contribution is 2.13. The normalized spacial score (nSPS) is 10.4. The molecule has 5 nitrogen and oxygen atoms in total. The molecule has 2 aromatic rings. The van der Waals surface area contributed by atoms with Crippen LogP contribution in [0.15, 0.2) is 36.4 Å². The Labute approximate surface area is 112 Å². The van der Waals surface area contributed by atoms with E-state index in [2.05, 4.69) is 9.97 Å². The van der Waals surface area contributed by atoms with Crippen LogP contribution in [0.25, 0.3) is 0 Å². The Morgan fingerprint density at radius 3 is 2.63 bits per heavy atom. The van der Waals surface area contributed by atoms with Crippen LogP contribution < -0.4 is 10.5 Å². The lowest BCUT2D eigenvalue weighted by atomic mass is 10.2. The van der Waals surface area contributed by atoms with Crippen molar-refractivity contribution in [1.82, 2.24) is 9.97 Å². The number of nitrogens with zero attached hydrogens (tertiary/aromatic N) is 2. The maximum Gasteiger partial charge on any atom is 0.219 e. The maximum absolute atomic E-state index is 5.71. The van der Waals surface area contributed by atoms with Gasteiger partial charge in [0.25, 0.3) is 0 Å². The molecular formula is C14H17N3O2. The molecule has 19 heavy (non-hydrogen) atoms. The molecule has 0 bridgehead atoms. The first-order chi connectivity index (χ1) is 9.28. The van der Waals surface area contributed by atoms with Gasteiger partial charge in [0.05, 0.1) is 0 Å². The van der Waals surface area contributed by atoms with Crippen molar-refractivity contribution in [3.8, 4) is 5.88 Å². The van der Waals surface area contributed by atoms with E-state index in [1.165, 1.54) is 0 Å². The maximum atomic E-state index is 5.71. The van der Waals surface area contributed by atoms with E-state index in [9.17, 15) is 0 Å². The summed E-state index contributed by atoms with van der Waals surface area (Å²) in [5.74, 6) is 1.38. The third-order valence-corrected chi connectivity index (χ3v) is 2.43. The van der Waals surface area contributed by atoms with Crippen LogP contribution in [0.3, 0.4) is 0 Å². The molecule has 0 spiro atoms. The summed E-state index contributed by atoms with van der Waals surface area (Å²) in [6.45, 7) is 3.31. The van der Waals surface area contributed by atoms with Crippen LogP contribution in [0.1, 0.15) is 18.3 Å². The first kappa shape index (κ1) is 13.3. The highest BCUT2D eigenvalue weighted by atomic mass is 16.5. The van der Waals surface area contributed by atoms with Crippen molar-refractivity contribution in [3.63, 3.8) is 0 Å². The number of nitrogens with two attached hydrogens (primary N) is 1. The minimum absolute atomic E-state index is 0.337. The molecule has 0 radical (unpaired) electrons. The molecule has 1 aromatic heterocycles. The van der Waals surface area contributed by atoms with Crippen molar-refractivity contribution in [2.45, 2.75) is 20.1 Å². The first-order valence-corrected chi connectivity index (χ1v) is 6.16. The van der Waals surface area contributed by atoms with Gasteiger partial charge in [0.1, 0.15) is 19.0 Å². The lowest BCUT2D eigenvalue weighted by molar-refractivity contribution is 0.127. The van der Waals surface area contributed by atoms with Crippen molar-refractivity contribution in [2.75, 3.05) is 12.3 Å². The average Bonchev–Trinajstić information content (AvgIpc) is 2.43. The van der Waals surface area contributed by atoms with Gasteiger partial charge in [0, 0.05) is 12.7 Å². The molecular weight excluding hydrogens is 242 g/mol. The molecule has 0 saturated heterocycles. The number of ether oxygens (including phenoxy) is 2. The second-order valence-corrected chi connectivity index (χ2v) is 3.96. The fourth-order valence-electron chi connectivity index (χ4n) is 1.56. The standard InChI is InChI=1S/C14H17N3O2/c1-2-18-10-13-16-12(15)8-14(17-13)19-9-11-6-4-3-5-7-11/h3-8H,2,9-10H2,1H3,(H2,15,16,17). The fourth-order valence-corrected chi connectivity index (χ4v) is 1.56. The summed E-state index contributed by atoms with van der Waals surface area (Å²) in [6.07, 6.45) is 0. The van der Waals surface area contributed by atoms with E-state index < -0.39 is 0 Å². The van der Waals surface area contributed by atoms with Crippen LogP contribution >= 0.6 is 0 Å². The Balaban J connectivity index is 2.01. The summed E-state index contributed by atoms with van der Waals surface area (Å²) in [5.41, 5.74) is 6.79. The highest BCUT2D eigenvalue weighted by Gasteiger charge is 2.04. The first-order valence-electron chi connectivity index (χ1n) is 6.16. The Bertz CT molecular complexity index is 517. The molecule has 0 fully saturated rings. The Morgan fingerprint density at radius 2 is 1.89 bits per heavy atom. The van der Waals surface area contributed by atoms with Gasteiger partial charge in [0.2, 0.25) is 5.88 Å². The third-order valence-electron chi connectivity index (χ3n) is 2.43. The lowest BCUT2D eigenvalue weighted by Gasteiger charge is -2.08. The molecule has 1 aromatic carbocycles. The van der Waals surface area contributed by atoms with Gasteiger partial charge in [-0.25, -0.2) is 4.98 Å². The molecule has 0 aliphatic rings. The SMILES string of the molecule is CCOCc1nc(N)cc(OCc2ccccc2)n1. The van der Waals surface area contributed by atoms with E-state index in [-0.39, 0.29) is 0 Å². The number of anilines is 1. The van der Waals surface area contributed by atoms with Gasteiger partial charge < -0.3 is 15.2 Å². The zero-order valence-electron chi connectivity index (χ0n) is 10.9. The van der Waals surface area contributed by atoms with E-state index in [0.29, 0.717) is 37.3 Å². The topological polar surface area (TPSA) is 70.3 Å². The number of hydrogen-bond donors (Lipinski definition) is 1. The van der Waals surface area contributed by atoms with Gasteiger partial charge in [-0.15, -0.1) is 0 Å². The summed E-state index contributed by atoms with van der Waals surface area (Å²) >= 11 is 0. The van der Waals surface area contributed by atoms with Gasteiger partial charge >= 0.3 is 0 Å². The Kier molecular flexibility index (Phi) is 4.69. The van der Waals surface area contributed by atoms with Crippen LogP contribution in [0.4, 0.5) is 5.82 Å². The van der Waals surface area contributed by atoms with Crippen molar-refractivity contribution >= 4 is 5.82 Å². The number of rotatable bonds is 6. The predicted octanol–water partition coefficient (Wildman–Crippen LogP) is 2.17. The molecule has 0 unspecified atom stereocenters. The second kappa shape index (κ2) is 6.70. The van der Waals surface area contributed by atoms with Gasteiger partial charge in [-0.1, -0.05) is 30.3 Å². The quantitative estimate of drug-likeness (QED) is 0.861. The van der Waals surface area contributed by atoms with Crippen molar-refractivity contribution in [3.05, 3.63) is 47.8 Å². The molecule has 0 saturated carbocycles. The summed E-state index contributed by atoms with van der Waals surface area (Å²) in [6, 6.07) is 11.5. The summed E-state index contributed by atoms with van der Waals surface area (Å²) in [7, 11) is 0. The van der Waals surface area contributed by atoms with Gasteiger partial charge in [-0.3, -0.25) is 0 Å². The van der Waals surface area contributed by atoms with E-state index >= 15 is 0 Å². The van der Waals surface area contributed by atoms with Crippen LogP contribution in [0.2, 0.25) is 0 Å². The minimum atomic E-state index is 0.337. The molecule has 0 atom stereocenters. The largest absolute Gasteiger partial charge is 0.473 e. The fraction of sp³-hybridized carbons (Fsp3) is 0.286. The van der Waals surface area contributed by atoms with E-state index in [1.807, 2.05) is 37.3 Å².